The standard InChI is InChI=1S/C23H30N4OS/c28-22(25-17-7-8-17)19-15-21(26-20-6-2-1-5-18(19)20)24-16-23(9-3-4-10-23)27-11-13-29-14-12-27/h1-2,5-6,15,17H,3-4,7-14,16H2,(H,24,26)(H,25,28). The van der Waals surface area contributed by atoms with E-state index in [1.807, 2.05) is 30.3 Å². The highest BCUT2D eigenvalue weighted by molar-refractivity contribution is 7.99. The van der Waals surface area contributed by atoms with Gasteiger partial charge in [0.05, 0.1) is 11.1 Å². The number of rotatable bonds is 6. The summed E-state index contributed by atoms with van der Waals surface area (Å²) in [5.74, 6) is 3.32. The minimum absolute atomic E-state index is 0.0257. The first-order valence-corrected chi connectivity index (χ1v) is 12.2. The van der Waals surface area contributed by atoms with Crippen molar-refractivity contribution in [1.29, 1.82) is 0 Å². The molecule has 1 aromatic heterocycles. The average Bonchev–Trinajstić information content (AvgIpc) is 3.45. The van der Waals surface area contributed by atoms with E-state index < -0.39 is 0 Å². The van der Waals surface area contributed by atoms with Crippen LogP contribution in [0.15, 0.2) is 30.3 Å². The number of benzene rings is 1. The van der Waals surface area contributed by atoms with Gasteiger partial charge in [-0.25, -0.2) is 4.98 Å². The van der Waals surface area contributed by atoms with E-state index >= 15 is 0 Å². The van der Waals surface area contributed by atoms with Crippen molar-refractivity contribution in [2.24, 2.45) is 0 Å². The highest BCUT2D eigenvalue weighted by Gasteiger charge is 2.39. The lowest BCUT2D eigenvalue weighted by molar-refractivity contribution is 0.0952. The summed E-state index contributed by atoms with van der Waals surface area (Å²) in [6.07, 6.45) is 7.32. The smallest absolute Gasteiger partial charge is 0.252 e. The molecule has 0 atom stereocenters. The number of hydrogen-bond donors (Lipinski definition) is 2. The molecule has 3 aliphatic rings. The first-order chi connectivity index (χ1) is 14.2. The van der Waals surface area contributed by atoms with Crippen LogP contribution in [0.2, 0.25) is 0 Å². The molecule has 0 unspecified atom stereocenters. The second-order valence-corrected chi connectivity index (χ2v) is 9.93. The molecule has 0 spiro atoms. The summed E-state index contributed by atoms with van der Waals surface area (Å²) >= 11 is 2.07. The monoisotopic (exact) mass is 410 g/mol. The molecule has 2 aliphatic carbocycles. The zero-order chi connectivity index (χ0) is 19.7. The molecule has 2 heterocycles. The Morgan fingerprint density at radius 2 is 1.93 bits per heavy atom. The number of amides is 1. The molecular weight excluding hydrogens is 380 g/mol. The Morgan fingerprint density at radius 1 is 1.17 bits per heavy atom. The first-order valence-electron chi connectivity index (χ1n) is 11.0. The third-order valence-corrected chi connectivity index (χ3v) is 7.63. The van der Waals surface area contributed by atoms with E-state index in [1.165, 1.54) is 50.3 Å². The molecule has 1 aromatic carbocycles. The number of hydrogen-bond acceptors (Lipinski definition) is 5. The Labute approximate surface area is 177 Å². The van der Waals surface area contributed by atoms with Crippen molar-refractivity contribution in [2.75, 3.05) is 36.5 Å². The molecule has 6 heteroatoms. The number of pyridine rings is 1. The molecular formula is C23H30N4OS. The number of para-hydroxylation sites is 1. The van der Waals surface area contributed by atoms with Gasteiger partial charge >= 0.3 is 0 Å². The Kier molecular flexibility index (Phi) is 5.39. The van der Waals surface area contributed by atoms with E-state index in [4.69, 9.17) is 4.98 Å². The van der Waals surface area contributed by atoms with Gasteiger partial charge in [0, 0.05) is 48.1 Å². The minimum atomic E-state index is 0.0257. The van der Waals surface area contributed by atoms with Gasteiger partial charge in [-0.2, -0.15) is 11.8 Å². The maximum absolute atomic E-state index is 12.9. The molecule has 0 radical (unpaired) electrons. The zero-order valence-corrected chi connectivity index (χ0v) is 17.8. The SMILES string of the molecule is O=C(NC1CC1)c1cc(NCC2(N3CCSCC3)CCCC2)nc2ccccc12. The second-order valence-electron chi connectivity index (χ2n) is 8.70. The van der Waals surface area contributed by atoms with Crippen LogP contribution in [0.4, 0.5) is 5.82 Å². The fourth-order valence-electron chi connectivity index (χ4n) is 4.88. The van der Waals surface area contributed by atoms with Gasteiger partial charge in [-0.3, -0.25) is 9.69 Å². The number of nitrogens with zero attached hydrogens (tertiary/aromatic N) is 2. The van der Waals surface area contributed by atoms with Crippen molar-refractivity contribution in [3.63, 3.8) is 0 Å². The van der Waals surface area contributed by atoms with Crippen LogP contribution in [0.5, 0.6) is 0 Å². The van der Waals surface area contributed by atoms with Crippen LogP contribution >= 0.6 is 11.8 Å². The first kappa shape index (κ1) is 19.2. The molecule has 1 saturated heterocycles. The molecule has 3 fully saturated rings. The zero-order valence-electron chi connectivity index (χ0n) is 17.0. The van der Waals surface area contributed by atoms with Crippen LogP contribution in [0.3, 0.4) is 0 Å². The van der Waals surface area contributed by atoms with Gasteiger partial charge in [0.15, 0.2) is 0 Å². The number of anilines is 1. The molecule has 2 aromatic rings. The molecule has 154 valence electrons. The summed E-state index contributed by atoms with van der Waals surface area (Å²) in [6.45, 7) is 3.28. The van der Waals surface area contributed by atoms with E-state index in [9.17, 15) is 4.79 Å². The maximum Gasteiger partial charge on any atom is 0.252 e. The van der Waals surface area contributed by atoms with Gasteiger partial charge in [0.1, 0.15) is 5.82 Å². The van der Waals surface area contributed by atoms with Gasteiger partial charge in [-0.05, 0) is 37.8 Å². The van der Waals surface area contributed by atoms with Crippen molar-refractivity contribution in [3.05, 3.63) is 35.9 Å². The fourth-order valence-corrected chi connectivity index (χ4v) is 5.78. The number of carbonyl (C=O) groups excluding carboxylic acids is 1. The highest BCUT2D eigenvalue weighted by atomic mass is 32.2. The van der Waals surface area contributed by atoms with E-state index in [0.29, 0.717) is 6.04 Å². The highest BCUT2D eigenvalue weighted by Crippen LogP contribution is 2.37. The van der Waals surface area contributed by atoms with E-state index in [1.54, 1.807) is 0 Å². The van der Waals surface area contributed by atoms with Gasteiger partial charge in [0.25, 0.3) is 5.91 Å². The second kappa shape index (κ2) is 8.15. The van der Waals surface area contributed by atoms with Gasteiger partial charge in [0.2, 0.25) is 0 Å². The minimum Gasteiger partial charge on any atom is -0.368 e. The van der Waals surface area contributed by atoms with Crippen LogP contribution in [-0.4, -0.2) is 58.5 Å². The van der Waals surface area contributed by atoms with Crippen LogP contribution in [-0.2, 0) is 0 Å². The fraction of sp³-hybridized carbons (Fsp3) is 0.565. The lowest BCUT2D eigenvalue weighted by Gasteiger charge is -2.43. The Morgan fingerprint density at radius 3 is 2.69 bits per heavy atom. The third kappa shape index (κ3) is 4.10. The van der Waals surface area contributed by atoms with Gasteiger partial charge < -0.3 is 10.6 Å². The average molecular weight is 411 g/mol. The maximum atomic E-state index is 12.9. The predicted octanol–water partition coefficient (Wildman–Crippen LogP) is 3.90. The van der Waals surface area contributed by atoms with Crippen LogP contribution in [0.1, 0.15) is 48.9 Å². The normalized spacial score (nSPS) is 21.9. The topological polar surface area (TPSA) is 57.3 Å². The lowest BCUT2D eigenvalue weighted by atomic mass is 9.94. The summed E-state index contributed by atoms with van der Waals surface area (Å²) in [6, 6.07) is 10.3. The number of fused-ring (bicyclic) bond motifs is 1. The number of aromatic nitrogens is 1. The van der Waals surface area contributed by atoms with Crippen LogP contribution in [0.25, 0.3) is 10.9 Å². The summed E-state index contributed by atoms with van der Waals surface area (Å²) in [5, 5.41) is 7.71. The van der Waals surface area contributed by atoms with Gasteiger partial charge in [-0.15, -0.1) is 0 Å². The van der Waals surface area contributed by atoms with Crippen molar-refractivity contribution < 1.29 is 4.79 Å². The van der Waals surface area contributed by atoms with Crippen molar-refractivity contribution >= 4 is 34.4 Å². The summed E-state index contributed by atoms with van der Waals surface area (Å²) in [4.78, 5) is 20.4. The molecule has 2 N–H and O–H groups in total. The molecule has 5 rings (SSSR count). The van der Waals surface area contributed by atoms with E-state index in [-0.39, 0.29) is 11.4 Å². The van der Waals surface area contributed by atoms with Crippen LogP contribution < -0.4 is 10.6 Å². The molecule has 0 bridgehead atoms. The van der Waals surface area contributed by atoms with Crippen LogP contribution in [0, 0.1) is 0 Å². The number of nitrogens with one attached hydrogen (secondary N) is 2. The number of thioether (sulfide) groups is 1. The summed E-state index contributed by atoms with van der Waals surface area (Å²) < 4.78 is 0. The Bertz CT molecular complexity index is 886. The summed E-state index contributed by atoms with van der Waals surface area (Å²) in [7, 11) is 0. The van der Waals surface area contributed by atoms with E-state index in [0.717, 1.165) is 41.7 Å². The Hall–Kier alpha value is -1.79. The van der Waals surface area contributed by atoms with E-state index in [2.05, 4.69) is 27.3 Å². The third-order valence-electron chi connectivity index (χ3n) is 6.69. The largest absolute Gasteiger partial charge is 0.368 e. The lowest BCUT2D eigenvalue weighted by Crippen LogP contribution is -2.54. The quantitative estimate of drug-likeness (QED) is 0.756. The number of carbonyl (C=O) groups is 1. The molecule has 1 amide bonds. The predicted molar refractivity (Wildman–Crippen MR) is 121 cm³/mol. The molecule has 1 aliphatic heterocycles. The van der Waals surface area contributed by atoms with Gasteiger partial charge in [-0.1, -0.05) is 31.0 Å². The molecule has 5 nitrogen and oxygen atoms in total. The molecule has 2 saturated carbocycles. The summed E-state index contributed by atoms with van der Waals surface area (Å²) in [5.41, 5.74) is 1.86. The van der Waals surface area contributed by atoms with Crippen molar-refractivity contribution in [2.45, 2.75) is 50.1 Å². The van der Waals surface area contributed by atoms with Crippen molar-refractivity contribution in [1.82, 2.24) is 15.2 Å². The van der Waals surface area contributed by atoms with Crippen molar-refractivity contribution in [3.8, 4) is 0 Å². The Balaban J connectivity index is 1.40. The molecule has 29 heavy (non-hydrogen) atoms.